The summed E-state index contributed by atoms with van der Waals surface area (Å²) in [5.41, 5.74) is 7.21. The monoisotopic (exact) mass is 346 g/mol. The second-order valence-electron chi connectivity index (χ2n) is 5.57. The maximum absolute atomic E-state index is 12.1. The third kappa shape index (κ3) is 4.69. The summed E-state index contributed by atoms with van der Waals surface area (Å²) in [6, 6.07) is 9.66. The molecular formula is C15H23ClN2O3S. The highest BCUT2D eigenvalue weighted by atomic mass is 35.5. The Labute approximate surface area is 138 Å². The van der Waals surface area contributed by atoms with Gasteiger partial charge in [-0.05, 0) is 12.0 Å². The van der Waals surface area contributed by atoms with Gasteiger partial charge in [0, 0.05) is 25.0 Å². The Kier molecular flexibility index (Phi) is 6.84. The van der Waals surface area contributed by atoms with E-state index in [1.54, 1.807) is 11.8 Å². The average Bonchev–Trinajstić information content (AvgIpc) is 2.81. The van der Waals surface area contributed by atoms with Crippen LogP contribution in [0.4, 0.5) is 0 Å². The molecule has 0 unspecified atom stereocenters. The van der Waals surface area contributed by atoms with E-state index in [9.17, 15) is 13.2 Å². The normalized spacial score (nSPS) is 21.5. The zero-order chi connectivity index (χ0) is 15.5. The van der Waals surface area contributed by atoms with E-state index in [2.05, 4.69) is 0 Å². The largest absolute Gasteiger partial charge is 0.340 e. The molecule has 0 radical (unpaired) electrons. The van der Waals surface area contributed by atoms with Crippen LogP contribution in [0.5, 0.6) is 0 Å². The molecule has 0 saturated carbocycles. The van der Waals surface area contributed by atoms with E-state index in [0.717, 1.165) is 5.56 Å². The van der Waals surface area contributed by atoms with E-state index < -0.39 is 15.6 Å². The van der Waals surface area contributed by atoms with E-state index in [1.165, 1.54) is 0 Å². The van der Waals surface area contributed by atoms with Crippen molar-refractivity contribution in [1.82, 2.24) is 4.90 Å². The smallest absolute Gasteiger partial charge is 0.237 e. The molecule has 2 atom stereocenters. The minimum Gasteiger partial charge on any atom is -0.340 e. The van der Waals surface area contributed by atoms with Crippen molar-refractivity contribution in [2.75, 3.05) is 24.6 Å². The highest BCUT2D eigenvalue weighted by Gasteiger charge is 2.34. The quantitative estimate of drug-likeness (QED) is 0.868. The van der Waals surface area contributed by atoms with Gasteiger partial charge in [0.05, 0.1) is 5.75 Å². The SMILES string of the molecule is CCCS(=O)(=O)CC(=O)N1C[C@@H](N)[C@H](c2ccccc2)C1.Cl. The van der Waals surface area contributed by atoms with Crippen molar-refractivity contribution in [3.8, 4) is 0 Å². The molecule has 0 aliphatic carbocycles. The van der Waals surface area contributed by atoms with Gasteiger partial charge in [-0.2, -0.15) is 0 Å². The summed E-state index contributed by atoms with van der Waals surface area (Å²) < 4.78 is 23.5. The molecule has 1 fully saturated rings. The van der Waals surface area contributed by atoms with Gasteiger partial charge in [0.15, 0.2) is 9.84 Å². The number of amides is 1. The molecule has 5 nitrogen and oxygen atoms in total. The minimum atomic E-state index is -3.30. The van der Waals surface area contributed by atoms with Crippen molar-refractivity contribution < 1.29 is 13.2 Å². The van der Waals surface area contributed by atoms with E-state index in [0.29, 0.717) is 19.5 Å². The van der Waals surface area contributed by atoms with Crippen LogP contribution in [-0.2, 0) is 14.6 Å². The Hall–Kier alpha value is -1.11. The predicted octanol–water partition coefficient (Wildman–Crippen LogP) is 1.19. The number of rotatable bonds is 5. The second-order valence-corrected chi connectivity index (χ2v) is 7.76. The average molecular weight is 347 g/mol. The highest BCUT2D eigenvalue weighted by molar-refractivity contribution is 7.92. The Morgan fingerprint density at radius 2 is 1.91 bits per heavy atom. The standard InChI is InChI=1S/C15H22N2O3S.ClH/c1-2-8-21(19,20)11-15(18)17-9-13(14(16)10-17)12-6-4-3-5-7-12;/h3-7,13-14H,2,8-11,16H2,1H3;1H/t13-,14+;/m0./s1. The Balaban J connectivity index is 0.00000242. The van der Waals surface area contributed by atoms with Gasteiger partial charge >= 0.3 is 0 Å². The Morgan fingerprint density at radius 3 is 2.50 bits per heavy atom. The molecule has 1 aliphatic heterocycles. The van der Waals surface area contributed by atoms with Crippen LogP contribution in [0.3, 0.4) is 0 Å². The van der Waals surface area contributed by atoms with Crippen LogP contribution in [0.15, 0.2) is 30.3 Å². The fourth-order valence-electron chi connectivity index (χ4n) is 2.75. The van der Waals surface area contributed by atoms with E-state index >= 15 is 0 Å². The van der Waals surface area contributed by atoms with Gasteiger partial charge in [-0.25, -0.2) is 8.42 Å². The third-order valence-electron chi connectivity index (χ3n) is 3.80. The zero-order valence-electron chi connectivity index (χ0n) is 12.6. The fourth-order valence-corrected chi connectivity index (χ4v) is 4.07. The summed E-state index contributed by atoms with van der Waals surface area (Å²) in [7, 11) is -3.30. The van der Waals surface area contributed by atoms with Gasteiger partial charge in [0.25, 0.3) is 0 Å². The number of hydrogen-bond donors (Lipinski definition) is 1. The topological polar surface area (TPSA) is 80.5 Å². The zero-order valence-corrected chi connectivity index (χ0v) is 14.3. The molecule has 2 N–H and O–H groups in total. The number of benzene rings is 1. The lowest BCUT2D eigenvalue weighted by Gasteiger charge is -2.16. The molecule has 1 amide bonds. The first-order chi connectivity index (χ1) is 9.93. The van der Waals surface area contributed by atoms with Gasteiger partial charge in [-0.15, -0.1) is 12.4 Å². The van der Waals surface area contributed by atoms with Crippen molar-refractivity contribution in [2.45, 2.75) is 25.3 Å². The first-order valence-corrected chi connectivity index (χ1v) is 9.04. The number of nitrogens with two attached hydrogens (primary N) is 1. The molecule has 0 aromatic heterocycles. The Morgan fingerprint density at radius 1 is 1.27 bits per heavy atom. The van der Waals surface area contributed by atoms with Gasteiger partial charge in [0.1, 0.15) is 5.75 Å². The third-order valence-corrected chi connectivity index (χ3v) is 5.52. The second kappa shape index (κ2) is 7.94. The van der Waals surface area contributed by atoms with Crippen LogP contribution in [0, 0.1) is 0 Å². The van der Waals surface area contributed by atoms with E-state index in [1.807, 2.05) is 30.3 Å². The number of nitrogens with zero attached hydrogens (tertiary/aromatic N) is 1. The van der Waals surface area contributed by atoms with Crippen molar-refractivity contribution in [2.24, 2.45) is 5.73 Å². The lowest BCUT2D eigenvalue weighted by molar-refractivity contribution is -0.127. The molecule has 1 aromatic rings. The summed E-state index contributed by atoms with van der Waals surface area (Å²) in [6.07, 6.45) is 0.530. The number of halogens is 1. The van der Waals surface area contributed by atoms with Crippen LogP contribution >= 0.6 is 12.4 Å². The molecule has 2 rings (SSSR count). The van der Waals surface area contributed by atoms with Crippen molar-refractivity contribution in [3.63, 3.8) is 0 Å². The van der Waals surface area contributed by atoms with Crippen LogP contribution < -0.4 is 5.73 Å². The van der Waals surface area contributed by atoms with Crippen molar-refractivity contribution in [3.05, 3.63) is 35.9 Å². The molecule has 1 aromatic carbocycles. The lowest BCUT2D eigenvalue weighted by Crippen LogP contribution is -2.36. The summed E-state index contributed by atoms with van der Waals surface area (Å²) in [5, 5.41) is 0. The molecule has 124 valence electrons. The summed E-state index contributed by atoms with van der Waals surface area (Å²) >= 11 is 0. The molecule has 22 heavy (non-hydrogen) atoms. The molecule has 1 heterocycles. The van der Waals surface area contributed by atoms with E-state index in [-0.39, 0.29) is 36.0 Å². The van der Waals surface area contributed by atoms with Crippen LogP contribution in [0.25, 0.3) is 0 Å². The van der Waals surface area contributed by atoms with Gasteiger partial charge in [-0.3, -0.25) is 4.79 Å². The molecule has 7 heteroatoms. The maximum Gasteiger partial charge on any atom is 0.237 e. The van der Waals surface area contributed by atoms with Gasteiger partial charge < -0.3 is 10.6 Å². The van der Waals surface area contributed by atoms with Crippen molar-refractivity contribution in [1.29, 1.82) is 0 Å². The maximum atomic E-state index is 12.1. The predicted molar refractivity (Wildman–Crippen MR) is 89.9 cm³/mol. The van der Waals surface area contributed by atoms with E-state index in [4.69, 9.17) is 5.73 Å². The van der Waals surface area contributed by atoms with Crippen LogP contribution in [0.1, 0.15) is 24.8 Å². The minimum absolute atomic E-state index is 0. The summed E-state index contributed by atoms with van der Waals surface area (Å²) in [6.45, 7) is 2.70. The Bertz CT molecular complexity index is 592. The highest BCUT2D eigenvalue weighted by Crippen LogP contribution is 2.26. The van der Waals surface area contributed by atoms with Crippen LogP contribution in [-0.4, -0.2) is 49.9 Å². The number of likely N-dealkylation sites (tertiary alicyclic amines) is 1. The first-order valence-electron chi connectivity index (χ1n) is 7.21. The number of carbonyl (C=O) groups excluding carboxylic acids is 1. The molecular weight excluding hydrogens is 324 g/mol. The number of carbonyl (C=O) groups is 1. The summed E-state index contributed by atoms with van der Waals surface area (Å²) in [4.78, 5) is 13.7. The lowest BCUT2D eigenvalue weighted by atomic mass is 9.95. The van der Waals surface area contributed by atoms with Crippen molar-refractivity contribution >= 4 is 28.2 Å². The van der Waals surface area contributed by atoms with Gasteiger partial charge in [0.2, 0.25) is 5.91 Å². The van der Waals surface area contributed by atoms with Gasteiger partial charge in [-0.1, -0.05) is 37.3 Å². The first kappa shape index (κ1) is 18.9. The molecule has 1 aliphatic rings. The molecule has 0 bridgehead atoms. The number of sulfone groups is 1. The molecule has 0 spiro atoms. The number of hydrogen-bond acceptors (Lipinski definition) is 4. The molecule has 1 saturated heterocycles. The van der Waals surface area contributed by atoms with Crippen LogP contribution in [0.2, 0.25) is 0 Å². The fraction of sp³-hybridized carbons (Fsp3) is 0.533. The summed E-state index contributed by atoms with van der Waals surface area (Å²) in [5.74, 6) is -0.614.